The summed E-state index contributed by atoms with van der Waals surface area (Å²) in [5.74, 6) is 0.312. The van der Waals surface area contributed by atoms with Gasteiger partial charge in [0.2, 0.25) is 5.91 Å². The Hall–Kier alpha value is -0.0600. The van der Waals surface area contributed by atoms with Crippen LogP contribution in [-0.2, 0) is 11.3 Å². The molecule has 1 unspecified atom stereocenters. The van der Waals surface area contributed by atoms with Crippen LogP contribution in [0.2, 0.25) is 4.34 Å². The van der Waals surface area contributed by atoms with Crippen molar-refractivity contribution in [2.24, 2.45) is 5.92 Å². The van der Waals surface area contributed by atoms with Crippen molar-refractivity contribution in [1.82, 2.24) is 5.32 Å². The lowest BCUT2D eigenvalue weighted by Gasteiger charge is -2.12. The number of hydrogen-bond acceptors (Lipinski definition) is 2. The van der Waals surface area contributed by atoms with Crippen LogP contribution in [0.5, 0.6) is 0 Å². The van der Waals surface area contributed by atoms with E-state index in [0.29, 0.717) is 6.54 Å². The van der Waals surface area contributed by atoms with Gasteiger partial charge in [0, 0.05) is 4.88 Å². The number of halogens is 2. The monoisotopic (exact) mass is 309 g/mol. The van der Waals surface area contributed by atoms with E-state index in [4.69, 9.17) is 11.6 Å². The zero-order valence-electron chi connectivity index (χ0n) is 8.59. The van der Waals surface area contributed by atoms with Gasteiger partial charge in [-0.15, -0.1) is 11.3 Å². The Kier molecular flexibility index (Phi) is 5.09. The lowest BCUT2D eigenvalue weighted by molar-refractivity contribution is -0.121. The molecule has 0 bridgehead atoms. The first-order chi connectivity index (χ1) is 7.00. The van der Waals surface area contributed by atoms with E-state index in [-0.39, 0.29) is 16.7 Å². The van der Waals surface area contributed by atoms with Crippen molar-refractivity contribution in [3.8, 4) is 0 Å². The Bertz CT molecular complexity index is 340. The molecular weight excluding hydrogens is 298 g/mol. The smallest absolute Gasteiger partial charge is 0.234 e. The molecule has 2 nitrogen and oxygen atoms in total. The second-order valence-electron chi connectivity index (χ2n) is 3.57. The average Bonchev–Trinajstić information content (AvgIpc) is 2.59. The van der Waals surface area contributed by atoms with Crippen LogP contribution in [0.1, 0.15) is 18.7 Å². The number of nitrogens with one attached hydrogen (secondary N) is 1. The lowest BCUT2D eigenvalue weighted by atomic mass is 10.1. The number of rotatable bonds is 4. The highest BCUT2D eigenvalue weighted by Crippen LogP contribution is 2.21. The third kappa shape index (κ3) is 4.13. The van der Waals surface area contributed by atoms with Crippen LogP contribution in [-0.4, -0.2) is 10.7 Å². The van der Waals surface area contributed by atoms with E-state index in [0.717, 1.165) is 9.21 Å². The normalized spacial score (nSPS) is 12.9. The van der Waals surface area contributed by atoms with Crippen LogP contribution in [0, 0.1) is 5.92 Å². The van der Waals surface area contributed by atoms with Crippen LogP contribution in [0.15, 0.2) is 12.1 Å². The first kappa shape index (κ1) is 13.0. The summed E-state index contributed by atoms with van der Waals surface area (Å²) in [5.41, 5.74) is 0. The van der Waals surface area contributed by atoms with Crippen molar-refractivity contribution in [3.63, 3.8) is 0 Å². The molecule has 0 radical (unpaired) electrons. The highest BCUT2D eigenvalue weighted by Gasteiger charge is 2.17. The molecule has 0 fully saturated rings. The predicted octanol–water partition coefficient (Wildman–Crippen LogP) is 3.44. The molecule has 0 saturated carbocycles. The average molecular weight is 311 g/mol. The second-order valence-corrected chi connectivity index (χ2v) is 6.36. The van der Waals surface area contributed by atoms with Crippen molar-refractivity contribution in [3.05, 3.63) is 21.3 Å². The zero-order chi connectivity index (χ0) is 11.4. The van der Waals surface area contributed by atoms with Gasteiger partial charge in [0.1, 0.15) is 0 Å². The molecule has 1 rings (SSSR count). The number of carbonyl (C=O) groups excluding carboxylic acids is 1. The second kappa shape index (κ2) is 5.87. The molecule has 0 aliphatic rings. The fourth-order valence-electron chi connectivity index (χ4n) is 1.02. The third-order valence-electron chi connectivity index (χ3n) is 1.90. The van der Waals surface area contributed by atoms with Gasteiger partial charge in [-0.2, -0.15) is 0 Å². The molecular formula is C10H13BrClNOS. The number of hydrogen-bond donors (Lipinski definition) is 1. The minimum atomic E-state index is -0.132. The van der Waals surface area contributed by atoms with Crippen LogP contribution in [0.25, 0.3) is 0 Å². The summed E-state index contributed by atoms with van der Waals surface area (Å²) in [6.07, 6.45) is 0. The fourth-order valence-corrected chi connectivity index (χ4v) is 2.21. The topological polar surface area (TPSA) is 29.1 Å². The van der Waals surface area contributed by atoms with Gasteiger partial charge in [0.15, 0.2) is 0 Å². The van der Waals surface area contributed by atoms with E-state index in [1.54, 1.807) is 0 Å². The van der Waals surface area contributed by atoms with E-state index in [1.165, 1.54) is 11.3 Å². The van der Waals surface area contributed by atoms with Crippen molar-refractivity contribution in [1.29, 1.82) is 0 Å². The Balaban J connectivity index is 2.40. The molecule has 1 heterocycles. The fraction of sp³-hybridized carbons (Fsp3) is 0.500. The molecule has 1 aromatic rings. The summed E-state index contributed by atoms with van der Waals surface area (Å²) in [7, 11) is 0. The first-order valence-corrected chi connectivity index (χ1v) is 6.77. The quantitative estimate of drug-likeness (QED) is 0.848. The minimum absolute atomic E-state index is 0.0227. The van der Waals surface area contributed by atoms with Crippen LogP contribution >= 0.6 is 38.9 Å². The van der Waals surface area contributed by atoms with Crippen molar-refractivity contribution in [2.45, 2.75) is 25.2 Å². The molecule has 0 saturated heterocycles. The summed E-state index contributed by atoms with van der Waals surface area (Å²) >= 11 is 10.6. The van der Waals surface area contributed by atoms with Crippen molar-refractivity contribution < 1.29 is 4.79 Å². The van der Waals surface area contributed by atoms with E-state index in [2.05, 4.69) is 21.2 Å². The molecule has 1 atom stereocenters. The van der Waals surface area contributed by atoms with Gasteiger partial charge in [-0.25, -0.2) is 0 Å². The highest BCUT2D eigenvalue weighted by atomic mass is 79.9. The molecule has 0 aliphatic carbocycles. The van der Waals surface area contributed by atoms with E-state index < -0.39 is 0 Å². The van der Waals surface area contributed by atoms with Gasteiger partial charge in [0.05, 0.1) is 15.7 Å². The SMILES string of the molecule is CC(C)C(Br)C(=O)NCc1ccc(Cl)s1. The maximum absolute atomic E-state index is 11.6. The van der Waals surface area contributed by atoms with E-state index >= 15 is 0 Å². The maximum Gasteiger partial charge on any atom is 0.234 e. The lowest BCUT2D eigenvalue weighted by Crippen LogP contribution is -2.33. The van der Waals surface area contributed by atoms with Crippen LogP contribution in [0.4, 0.5) is 0 Å². The maximum atomic E-state index is 11.6. The van der Waals surface area contributed by atoms with Crippen LogP contribution < -0.4 is 5.32 Å². The Morgan fingerprint density at radius 2 is 2.27 bits per heavy atom. The summed E-state index contributed by atoms with van der Waals surface area (Å²) in [4.78, 5) is 12.5. The Labute approximate surface area is 107 Å². The third-order valence-corrected chi connectivity index (χ3v) is 4.61. The van der Waals surface area contributed by atoms with Gasteiger partial charge >= 0.3 is 0 Å². The van der Waals surface area contributed by atoms with Crippen molar-refractivity contribution >= 4 is 44.8 Å². The number of alkyl halides is 1. The predicted molar refractivity (Wildman–Crippen MR) is 68.7 cm³/mol. The van der Waals surface area contributed by atoms with E-state index in [9.17, 15) is 4.79 Å². The summed E-state index contributed by atoms with van der Waals surface area (Å²) < 4.78 is 0.749. The van der Waals surface area contributed by atoms with Gasteiger partial charge in [-0.1, -0.05) is 41.4 Å². The first-order valence-electron chi connectivity index (χ1n) is 4.66. The highest BCUT2D eigenvalue weighted by molar-refractivity contribution is 9.10. The molecule has 1 aromatic heterocycles. The summed E-state index contributed by atoms with van der Waals surface area (Å²) in [6, 6.07) is 3.76. The van der Waals surface area contributed by atoms with Gasteiger partial charge in [-0.3, -0.25) is 4.79 Å². The molecule has 0 aromatic carbocycles. The molecule has 0 spiro atoms. The molecule has 84 valence electrons. The van der Waals surface area contributed by atoms with Crippen molar-refractivity contribution in [2.75, 3.05) is 0 Å². The molecule has 1 N–H and O–H groups in total. The molecule has 1 amide bonds. The largest absolute Gasteiger partial charge is 0.350 e. The number of carbonyl (C=O) groups is 1. The Morgan fingerprint density at radius 1 is 1.60 bits per heavy atom. The summed E-state index contributed by atoms with van der Waals surface area (Å²) in [5, 5.41) is 2.86. The standard InChI is InChI=1S/C10H13BrClNOS/c1-6(2)9(11)10(14)13-5-7-3-4-8(12)15-7/h3-4,6,9H,5H2,1-2H3,(H,13,14). The summed E-state index contributed by atoms with van der Waals surface area (Å²) in [6.45, 7) is 4.55. The molecule has 5 heteroatoms. The van der Waals surface area contributed by atoms with Crippen LogP contribution in [0.3, 0.4) is 0 Å². The number of amides is 1. The minimum Gasteiger partial charge on any atom is -0.350 e. The van der Waals surface area contributed by atoms with Gasteiger partial charge < -0.3 is 5.32 Å². The van der Waals surface area contributed by atoms with Gasteiger partial charge in [-0.05, 0) is 18.1 Å². The van der Waals surface area contributed by atoms with Gasteiger partial charge in [0.25, 0.3) is 0 Å². The zero-order valence-corrected chi connectivity index (χ0v) is 11.7. The number of thiophene rings is 1. The Morgan fingerprint density at radius 3 is 2.73 bits per heavy atom. The molecule has 0 aliphatic heterocycles. The molecule has 15 heavy (non-hydrogen) atoms. The van der Waals surface area contributed by atoms with E-state index in [1.807, 2.05) is 26.0 Å².